The molecule has 0 spiro atoms. The van der Waals surface area contributed by atoms with Gasteiger partial charge in [0.15, 0.2) is 0 Å². The topological polar surface area (TPSA) is 12.0 Å². The largest absolute Gasteiger partial charge is 0.302 e. The fraction of sp³-hybridized carbons (Fsp3) is 0.455. The molecule has 4 heteroatoms. The number of hydrogen-bond acceptors (Lipinski definition) is 1. The van der Waals surface area contributed by atoms with Crippen LogP contribution in [0.4, 0.5) is 8.78 Å². The van der Waals surface area contributed by atoms with E-state index in [2.05, 4.69) is 5.32 Å². The molecule has 0 aromatic heterocycles. The zero-order valence-corrected chi connectivity index (χ0v) is 9.43. The number of alkyl halides is 2. The highest BCUT2D eigenvalue weighted by molar-refractivity contribution is 6.31. The van der Waals surface area contributed by atoms with E-state index in [9.17, 15) is 8.78 Å². The molecule has 0 heterocycles. The van der Waals surface area contributed by atoms with Crippen LogP contribution in [0.5, 0.6) is 0 Å². The van der Waals surface area contributed by atoms with Crippen LogP contribution >= 0.6 is 11.6 Å². The lowest BCUT2D eigenvalue weighted by Crippen LogP contribution is -2.34. The zero-order valence-electron chi connectivity index (χ0n) is 8.68. The van der Waals surface area contributed by atoms with E-state index >= 15 is 0 Å². The van der Waals surface area contributed by atoms with Gasteiger partial charge in [0, 0.05) is 11.1 Å². The van der Waals surface area contributed by atoms with Gasteiger partial charge in [-0.1, -0.05) is 29.8 Å². The zero-order chi connectivity index (χ0) is 11.4. The summed E-state index contributed by atoms with van der Waals surface area (Å²) in [5.41, 5.74) is 0.840. The molecule has 1 unspecified atom stereocenters. The summed E-state index contributed by atoms with van der Waals surface area (Å²) < 4.78 is 24.6. The van der Waals surface area contributed by atoms with Crippen LogP contribution < -0.4 is 5.32 Å². The van der Waals surface area contributed by atoms with E-state index in [1.165, 1.54) is 6.92 Å². The van der Waals surface area contributed by atoms with Crippen LogP contribution in [-0.2, 0) is 0 Å². The molecule has 0 saturated heterocycles. The van der Waals surface area contributed by atoms with Gasteiger partial charge in [0.25, 0.3) is 6.43 Å². The van der Waals surface area contributed by atoms with Crippen LogP contribution in [0.25, 0.3) is 0 Å². The van der Waals surface area contributed by atoms with E-state index in [-0.39, 0.29) is 6.04 Å². The Kier molecular flexibility index (Phi) is 4.48. The minimum Gasteiger partial charge on any atom is -0.302 e. The second kappa shape index (κ2) is 5.42. The Morgan fingerprint density at radius 2 is 1.80 bits per heavy atom. The highest BCUT2D eigenvalue weighted by Gasteiger charge is 2.18. The summed E-state index contributed by atoms with van der Waals surface area (Å²) in [5.74, 6) is 0. The fourth-order valence-corrected chi connectivity index (χ4v) is 1.68. The second-order valence-corrected chi connectivity index (χ2v) is 3.94. The lowest BCUT2D eigenvalue weighted by atomic mass is 10.1. The first-order valence-corrected chi connectivity index (χ1v) is 5.18. The average molecular weight is 234 g/mol. The first kappa shape index (κ1) is 12.4. The maximum Gasteiger partial charge on any atom is 0.253 e. The van der Waals surface area contributed by atoms with Crippen molar-refractivity contribution in [2.24, 2.45) is 0 Å². The minimum absolute atomic E-state index is 0.178. The molecule has 15 heavy (non-hydrogen) atoms. The summed E-state index contributed by atoms with van der Waals surface area (Å²) in [5, 5.41) is 3.40. The Balaban J connectivity index is 2.69. The Morgan fingerprint density at radius 1 is 1.20 bits per heavy atom. The van der Waals surface area contributed by atoms with Crippen LogP contribution in [0, 0.1) is 0 Å². The first-order chi connectivity index (χ1) is 7.02. The molecule has 84 valence electrons. The van der Waals surface area contributed by atoms with Gasteiger partial charge in [0.2, 0.25) is 0 Å². The fourth-order valence-electron chi connectivity index (χ4n) is 1.38. The van der Waals surface area contributed by atoms with Crippen molar-refractivity contribution in [2.45, 2.75) is 32.4 Å². The summed E-state index contributed by atoms with van der Waals surface area (Å²) >= 11 is 5.95. The van der Waals surface area contributed by atoms with E-state index < -0.39 is 12.5 Å². The van der Waals surface area contributed by atoms with Crippen molar-refractivity contribution in [1.29, 1.82) is 0 Å². The van der Waals surface area contributed by atoms with Crippen molar-refractivity contribution < 1.29 is 8.78 Å². The number of benzene rings is 1. The van der Waals surface area contributed by atoms with Gasteiger partial charge in [0.05, 0.1) is 6.04 Å². The standard InChI is InChI=1S/C11H14ClF2N/c1-7(15-8(2)11(13)14)9-5-3-4-6-10(9)12/h3-8,11,15H,1-2H3/t7-,8?/m0/s1. The molecule has 0 bridgehead atoms. The molecule has 0 radical (unpaired) electrons. The normalized spacial score (nSPS) is 15.3. The molecular formula is C11H14ClF2N. The molecule has 0 aliphatic heterocycles. The predicted molar refractivity (Wildman–Crippen MR) is 58.5 cm³/mol. The van der Waals surface area contributed by atoms with E-state index in [1.54, 1.807) is 6.07 Å². The van der Waals surface area contributed by atoms with Gasteiger partial charge in [0.1, 0.15) is 0 Å². The van der Waals surface area contributed by atoms with Crippen LogP contribution in [0.1, 0.15) is 25.5 Å². The maximum atomic E-state index is 12.3. The van der Waals surface area contributed by atoms with Crippen molar-refractivity contribution in [3.05, 3.63) is 34.9 Å². The van der Waals surface area contributed by atoms with Gasteiger partial charge in [-0.3, -0.25) is 0 Å². The lowest BCUT2D eigenvalue weighted by Gasteiger charge is -2.20. The second-order valence-electron chi connectivity index (χ2n) is 3.53. The Morgan fingerprint density at radius 3 is 2.33 bits per heavy atom. The molecule has 1 nitrogen and oxygen atoms in total. The third-order valence-electron chi connectivity index (χ3n) is 2.26. The smallest absolute Gasteiger partial charge is 0.253 e. The Labute approximate surface area is 93.4 Å². The lowest BCUT2D eigenvalue weighted by molar-refractivity contribution is 0.101. The SMILES string of the molecule is CC(N[C@@H](C)c1ccccc1Cl)C(F)F. The average Bonchev–Trinajstić information content (AvgIpc) is 2.18. The highest BCUT2D eigenvalue weighted by Crippen LogP contribution is 2.22. The van der Waals surface area contributed by atoms with Gasteiger partial charge in [-0.25, -0.2) is 8.78 Å². The minimum atomic E-state index is -2.37. The van der Waals surface area contributed by atoms with E-state index in [4.69, 9.17) is 11.6 Å². The first-order valence-electron chi connectivity index (χ1n) is 4.81. The third kappa shape index (κ3) is 3.43. The highest BCUT2D eigenvalue weighted by atomic mass is 35.5. The molecule has 1 rings (SSSR count). The quantitative estimate of drug-likeness (QED) is 0.837. The molecule has 0 aliphatic rings. The van der Waals surface area contributed by atoms with Gasteiger partial charge in [-0.15, -0.1) is 0 Å². The molecule has 0 aliphatic carbocycles. The van der Waals surface area contributed by atoms with Crippen molar-refractivity contribution in [3.63, 3.8) is 0 Å². The third-order valence-corrected chi connectivity index (χ3v) is 2.61. The van der Waals surface area contributed by atoms with Crippen molar-refractivity contribution in [1.82, 2.24) is 5.32 Å². The molecule has 1 aromatic carbocycles. The summed E-state index contributed by atoms with van der Waals surface area (Å²) in [4.78, 5) is 0. The van der Waals surface area contributed by atoms with Gasteiger partial charge < -0.3 is 5.32 Å². The van der Waals surface area contributed by atoms with Gasteiger partial charge >= 0.3 is 0 Å². The van der Waals surface area contributed by atoms with E-state index in [0.717, 1.165) is 5.56 Å². The van der Waals surface area contributed by atoms with Crippen molar-refractivity contribution in [2.75, 3.05) is 0 Å². The molecule has 1 aromatic rings. The Bertz CT molecular complexity index is 317. The van der Waals surface area contributed by atoms with Crippen molar-refractivity contribution in [3.8, 4) is 0 Å². The van der Waals surface area contributed by atoms with Gasteiger partial charge in [-0.2, -0.15) is 0 Å². The molecular weight excluding hydrogens is 220 g/mol. The molecule has 0 fully saturated rings. The number of nitrogens with one attached hydrogen (secondary N) is 1. The number of rotatable bonds is 4. The monoisotopic (exact) mass is 233 g/mol. The molecule has 2 atom stereocenters. The van der Waals surface area contributed by atoms with Crippen LogP contribution in [0.15, 0.2) is 24.3 Å². The predicted octanol–water partition coefficient (Wildman–Crippen LogP) is 3.64. The Hall–Kier alpha value is -0.670. The maximum absolute atomic E-state index is 12.3. The summed E-state index contributed by atoms with van der Waals surface area (Å²) in [6, 6.07) is 6.22. The molecule has 1 N–H and O–H groups in total. The molecule has 0 amide bonds. The van der Waals surface area contributed by atoms with E-state index in [0.29, 0.717) is 5.02 Å². The number of halogens is 3. The van der Waals surface area contributed by atoms with E-state index in [1.807, 2.05) is 25.1 Å². The molecule has 0 saturated carbocycles. The van der Waals surface area contributed by atoms with Crippen LogP contribution in [0.2, 0.25) is 5.02 Å². The van der Waals surface area contributed by atoms with Crippen molar-refractivity contribution >= 4 is 11.6 Å². The summed E-state index contributed by atoms with van der Waals surface area (Å²) in [7, 11) is 0. The van der Waals surface area contributed by atoms with Crippen LogP contribution in [-0.4, -0.2) is 12.5 Å². The van der Waals surface area contributed by atoms with Crippen LogP contribution in [0.3, 0.4) is 0 Å². The van der Waals surface area contributed by atoms with Gasteiger partial charge in [-0.05, 0) is 25.5 Å². The number of hydrogen-bond donors (Lipinski definition) is 1. The summed E-state index contributed by atoms with van der Waals surface area (Å²) in [6.07, 6.45) is -2.37. The summed E-state index contributed by atoms with van der Waals surface area (Å²) in [6.45, 7) is 3.28.